The average molecular weight is 467 g/mol. The van der Waals surface area contributed by atoms with Crippen molar-refractivity contribution < 1.29 is 27.5 Å². The van der Waals surface area contributed by atoms with Gasteiger partial charge in [0.25, 0.3) is 11.8 Å². The van der Waals surface area contributed by atoms with Gasteiger partial charge >= 0.3 is 5.97 Å². The molecular formula is C23H34N2O6S. The highest BCUT2D eigenvalue weighted by Crippen LogP contribution is 2.22. The average Bonchev–Trinajstić information content (AvgIpc) is 3.07. The lowest BCUT2D eigenvalue weighted by molar-refractivity contribution is -0.152. The highest BCUT2D eigenvalue weighted by atomic mass is 32.2. The number of benzene rings is 1. The summed E-state index contributed by atoms with van der Waals surface area (Å²) in [6.07, 6.45) is 0.388. The van der Waals surface area contributed by atoms with Crippen LogP contribution in [0.25, 0.3) is 0 Å². The Morgan fingerprint density at radius 3 is 2.28 bits per heavy atom. The Morgan fingerprint density at radius 1 is 1.16 bits per heavy atom. The zero-order valence-electron chi connectivity index (χ0n) is 19.5. The third-order valence-electron chi connectivity index (χ3n) is 5.29. The molecule has 32 heavy (non-hydrogen) atoms. The molecule has 1 unspecified atom stereocenters. The fraction of sp³-hybridized carbons (Fsp3) is 0.609. The van der Waals surface area contributed by atoms with E-state index < -0.39 is 40.3 Å². The van der Waals surface area contributed by atoms with Gasteiger partial charge in [-0.15, -0.1) is 0 Å². The fourth-order valence-electron chi connectivity index (χ4n) is 3.52. The standard InChI is InChI=1S/C23H34N2O6S/c1-16(2)13-25(19-10-11-32(29,30)15-19)20(26)14-31-21(27)12-24-22(28)17-6-8-18(9-7-17)23(3,4)5/h6-9,16,19H,10-15H2,1-5H3,(H,24,28). The van der Waals surface area contributed by atoms with Crippen LogP contribution in [0.2, 0.25) is 0 Å². The quantitative estimate of drug-likeness (QED) is 0.586. The van der Waals surface area contributed by atoms with Crippen LogP contribution in [-0.2, 0) is 29.6 Å². The normalized spacial score (nSPS) is 17.8. The summed E-state index contributed by atoms with van der Waals surface area (Å²) in [4.78, 5) is 38.4. The molecule has 1 saturated heterocycles. The van der Waals surface area contributed by atoms with Crippen molar-refractivity contribution >= 4 is 27.6 Å². The van der Waals surface area contributed by atoms with Crippen LogP contribution in [0.5, 0.6) is 0 Å². The number of esters is 1. The van der Waals surface area contributed by atoms with Crippen molar-refractivity contribution in [2.24, 2.45) is 5.92 Å². The lowest BCUT2D eigenvalue weighted by atomic mass is 9.87. The largest absolute Gasteiger partial charge is 0.454 e. The van der Waals surface area contributed by atoms with Crippen LogP contribution in [0.4, 0.5) is 0 Å². The van der Waals surface area contributed by atoms with E-state index in [-0.39, 0.29) is 29.4 Å². The number of sulfone groups is 1. The Balaban J connectivity index is 1.85. The van der Waals surface area contributed by atoms with Crippen LogP contribution >= 0.6 is 0 Å². The number of carbonyl (C=O) groups excluding carboxylic acids is 3. The third kappa shape index (κ3) is 7.62. The first kappa shape index (κ1) is 25.8. The van der Waals surface area contributed by atoms with Crippen molar-refractivity contribution in [3.63, 3.8) is 0 Å². The molecule has 1 N–H and O–H groups in total. The Labute approximate surface area is 190 Å². The Kier molecular flexibility index (Phi) is 8.45. The van der Waals surface area contributed by atoms with Crippen LogP contribution in [0, 0.1) is 5.92 Å². The second-order valence-electron chi connectivity index (χ2n) is 9.67. The van der Waals surface area contributed by atoms with E-state index in [0.29, 0.717) is 18.5 Å². The number of nitrogens with one attached hydrogen (secondary N) is 1. The molecule has 1 atom stereocenters. The Bertz CT molecular complexity index is 932. The van der Waals surface area contributed by atoms with Crippen molar-refractivity contribution in [2.45, 2.75) is 52.5 Å². The van der Waals surface area contributed by atoms with Gasteiger partial charge in [-0.2, -0.15) is 0 Å². The Morgan fingerprint density at radius 2 is 1.78 bits per heavy atom. The van der Waals surface area contributed by atoms with E-state index in [4.69, 9.17) is 4.74 Å². The molecule has 0 radical (unpaired) electrons. The van der Waals surface area contributed by atoms with E-state index in [9.17, 15) is 22.8 Å². The molecule has 0 saturated carbocycles. The minimum atomic E-state index is -3.15. The van der Waals surface area contributed by atoms with E-state index in [1.54, 1.807) is 12.1 Å². The number of amides is 2. The highest BCUT2D eigenvalue weighted by Gasteiger charge is 2.35. The first-order chi connectivity index (χ1) is 14.8. The van der Waals surface area contributed by atoms with Crippen molar-refractivity contribution in [1.29, 1.82) is 0 Å². The summed E-state index contributed by atoms with van der Waals surface area (Å²) in [6, 6.07) is 6.75. The van der Waals surface area contributed by atoms with Gasteiger partial charge in [0.15, 0.2) is 16.4 Å². The zero-order chi connectivity index (χ0) is 24.1. The molecular weight excluding hydrogens is 432 g/mol. The van der Waals surface area contributed by atoms with Gasteiger partial charge in [0, 0.05) is 18.2 Å². The van der Waals surface area contributed by atoms with Crippen LogP contribution < -0.4 is 5.32 Å². The molecule has 9 heteroatoms. The summed E-state index contributed by atoms with van der Waals surface area (Å²) in [5.74, 6) is -1.45. The molecule has 1 aromatic carbocycles. The van der Waals surface area contributed by atoms with Crippen LogP contribution in [0.3, 0.4) is 0 Å². The molecule has 1 fully saturated rings. The maximum atomic E-state index is 12.6. The van der Waals surface area contributed by atoms with Crippen molar-refractivity contribution in [3.8, 4) is 0 Å². The van der Waals surface area contributed by atoms with Gasteiger partial charge in [0.05, 0.1) is 11.5 Å². The molecule has 2 amide bonds. The first-order valence-electron chi connectivity index (χ1n) is 10.8. The van der Waals surface area contributed by atoms with Gasteiger partial charge in [-0.05, 0) is 35.4 Å². The zero-order valence-corrected chi connectivity index (χ0v) is 20.3. The molecule has 1 heterocycles. The second-order valence-corrected chi connectivity index (χ2v) is 11.9. The maximum Gasteiger partial charge on any atom is 0.325 e. The van der Waals surface area contributed by atoms with Gasteiger partial charge in [-0.1, -0.05) is 46.8 Å². The molecule has 8 nitrogen and oxygen atoms in total. The Hall–Kier alpha value is -2.42. The minimum absolute atomic E-state index is 0.0303. The van der Waals surface area contributed by atoms with Crippen molar-refractivity contribution in [2.75, 3.05) is 31.2 Å². The number of hydrogen-bond acceptors (Lipinski definition) is 6. The van der Waals surface area contributed by atoms with Gasteiger partial charge < -0.3 is 15.0 Å². The van der Waals surface area contributed by atoms with Gasteiger partial charge in [-0.3, -0.25) is 14.4 Å². The van der Waals surface area contributed by atoms with E-state index in [0.717, 1.165) is 5.56 Å². The van der Waals surface area contributed by atoms with Gasteiger partial charge in [0.2, 0.25) is 0 Å². The highest BCUT2D eigenvalue weighted by molar-refractivity contribution is 7.91. The summed E-state index contributed by atoms with van der Waals surface area (Å²) >= 11 is 0. The molecule has 0 aliphatic carbocycles. The third-order valence-corrected chi connectivity index (χ3v) is 7.04. The summed E-state index contributed by atoms with van der Waals surface area (Å²) in [7, 11) is -3.15. The molecule has 1 aliphatic heterocycles. The summed E-state index contributed by atoms with van der Waals surface area (Å²) in [6.45, 7) is 9.62. The molecule has 178 valence electrons. The number of ether oxygens (including phenoxy) is 1. The predicted octanol–water partition coefficient (Wildman–Crippen LogP) is 1.93. The van der Waals surface area contributed by atoms with Crippen molar-refractivity contribution in [1.82, 2.24) is 10.2 Å². The molecule has 1 aliphatic rings. The number of hydrogen-bond donors (Lipinski definition) is 1. The maximum absolute atomic E-state index is 12.6. The second kappa shape index (κ2) is 10.5. The lowest BCUT2D eigenvalue weighted by Gasteiger charge is -2.29. The molecule has 0 aromatic heterocycles. The molecule has 0 bridgehead atoms. The fourth-order valence-corrected chi connectivity index (χ4v) is 5.25. The summed E-state index contributed by atoms with van der Waals surface area (Å²) in [5, 5.41) is 2.49. The summed E-state index contributed by atoms with van der Waals surface area (Å²) in [5.41, 5.74) is 1.48. The minimum Gasteiger partial charge on any atom is -0.454 e. The summed E-state index contributed by atoms with van der Waals surface area (Å²) < 4.78 is 28.6. The van der Waals surface area contributed by atoms with E-state index in [1.807, 2.05) is 26.0 Å². The monoisotopic (exact) mass is 466 g/mol. The van der Waals surface area contributed by atoms with E-state index in [2.05, 4.69) is 26.1 Å². The lowest BCUT2D eigenvalue weighted by Crippen LogP contribution is -2.45. The predicted molar refractivity (Wildman–Crippen MR) is 122 cm³/mol. The molecule has 2 rings (SSSR count). The number of rotatable bonds is 8. The van der Waals surface area contributed by atoms with Crippen LogP contribution in [0.1, 0.15) is 57.0 Å². The molecule has 0 spiro atoms. The van der Waals surface area contributed by atoms with Gasteiger partial charge in [-0.25, -0.2) is 8.42 Å². The van der Waals surface area contributed by atoms with Gasteiger partial charge in [0.1, 0.15) is 6.54 Å². The number of carbonyl (C=O) groups is 3. The van der Waals surface area contributed by atoms with Crippen LogP contribution in [-0.4, -0.2) is 68.3 Å². The SMILES string of the molecule is CC(C)CN(C(=O)COC(=O)CNC(=O)c1ccc(C(C)(C)C)cc1)C1CCS(=O)(=O)C1. The van der Waals surface area contributed by atoms with Crippen LogP contribution in [0.15, 0.2) is 24.3 Å². The van der Waals surface area contributed by atoms with Crippen molar-refractivity contribution in [3.05, 3.63) is 35.4 Å². The topological polar surface area (TPSA) is 110 Å². The smallest absolute Gasteiger partial charge is 0.325 e. The van der Waals surface area contributed by atoms with E-state index >= 15 is 0 Å². The number of nitrogens with zero attached hydrogens (tertiary/aromatic N) is 1. The molecule has 1 aromatic rings. The van der Waals surface area contributed by atoms with E-state index in [1.165, 1.54) is 4.90 Å². The first-order valence-corrected chi connectivity index (χ1v) is 12.6.